The van der Waals surface area contributed by atoms with Crippen molar-refractivity contribution in [3.8, 4) is 16.9 Å². The lowest BCUT2D eigenvalue weighted by atomic mass is 9.92. The van der Waals surface area contributed by atoms with Crippen LogP contribution in [-0.4, -0.2) is 42.8 Å². The van der Waals surface area contributed by atoms with Gasteiger partial charge in [0.2, 0.25) is 10.0 Å². The Morgan fingerprint density at radius 3 is 2.38 bits per heavy atom. The number of aryl methyl sites for hydroxylation is 1. The SMILES string of the molecule is O=C(O)CCc1cccc2c1OC1CC(O)C(NS(=O)(=O)c3ccc(-c4ccccc4)cc3)C21. The Hall–Kier alpha value is -3.20. The summed E-state index contributed by atoms with van der Waals surface area (Å²) in [7, 11) is -3.89. The van der Waals surface area contributed by atoms with Crippen molar-refractivity contribution in [3.63, 3.8) is 0 Å². The molecule has 4 atom stereocenters. The van der Waals surface area contributed by atoms with Crippen LogP contribution in [0.5, 0.6) is 5.75 Å². The fraction of sp³-hybridized carbons (Fsp3) is 0.269. The zero-order chi connectivity index (χ0) is 23.9. The second-order valence-electron chi connectivity index (χ2n) is 8.75. The summed E-state index contributed by atoms with van der Waals surface area (Å²) in [6.45, 7) is 0. The largest absolute Gasteiger partial charge is 0.489 e. The van der Waals surface area contributed by atoms with Crippen LogP contribution in [0.15, 0.2) is 77.7 Å². The molecule has 1 aliphatic heterocycles. The number of ether oxygens (including phenoxy) is 1. The maximum atomic E-state index is 13.2. The van der Waals surface area contributed by atoms with E-state index >= 15 is 0 Å². The highest BCUT2D eigenvalue weighted by Gasteiger charge is 2.51. The Labute approximate surface area is 198 Å². The van der Waals surface area contributed by atoms with Gasteiger partial charge in [-0.15, -0.1) is 0 Å². The molecule has 0 bridgehead atoms. The molecule has 0 aromatic heterocycles. The molecule has 0 spiro atoms. The van der Waals surface area contributed by atoms with Crippen LogP contribution in [0.1, 0.15) is 29.9 Å². The number of aliphatic hydroxyl groups is 1. The normalized spacial score (nSPS) is 23.2. The summed E-state index contributed by atoms with van der Waals surface area (Å²) in [4.78, 5) is 11.1. The van der Waals surface area contributed by atoms with Crippen LogP contribution in [0.3, 0.4) is 0 Å². The zero-order valence-electron chi connectivity index (χ0n) is 18.3. The van der Waals surface area contributed by atoms with Crippen molar-refractivity contribution in [2.45, 2.75) is 48.3 Å². The highest BCUT2D eigenvalue weighted by molar-refractivity contribution is 7.89. The first-order valence-electron chi connectivity index (χ1n) is 11.2. The number of carboxylic acid groups (broad SMARTS) is 1. The Morgan fingerprint density at radius 2 is 1.68 bits per heavy atom. The average molecular weight is 480 g/mol. The molecule has 2 aliphatic rings. The van der Waals surface area contributed by atoms with Crippen LogP contribution in [0.4, 0.5) is 0 Å². The molecule has 8 heteroatoms. The monoisotopic (exact) mass is 479 g/mol. The van der Waals surface area contributed by atoms with E-state index in [-0.39, 0.29) is 29.8 Å². The predicted molar refractivity (Wildman–Crippen MR) is 126 cm³/mol. The highest BCUT2D eigenvalue weighted by atomic mass is 32.2. The zero-order valence-corrected chi connectivity index (χ0v) is 19.1. The summed E-state index contributed by atoms with van der Waals surface area (Å²) < 4.78 is 35.2. The van der Waals surface area contributed by atoms with Crippen LogP contribution in [-0.2, 0) is 21.2 Å². The van der Waals surface area contributed by atoms with Crippen LogP contribution in [0, 0.1) is 0 Å². The summed E-state index contributed by atoms with van der Waals surface area (Å²) in [6.07, 6.45) is -0.677. The molecule has 1 saturated carbocycles. The summed E-state index contributed by atoms with van der Waals surface area (Å²) in [6, 6.07) is 21.1. The fourth-order valence-corrected chi connectivity index (χ4v) is 6.27. The molecule has 4 unspecified atom stereocenters. The Balaban J connectivity index is 1.39. The van der Waals surface area contributed by atoms with Gasteiger partial charge in [0.15, 0.2) is 0 Å². The molecule has 3 aromatic rings. The second kappa shape index (κ2) is 8.87. The molecular formula is C26H25NO6S. The number of fused-ring (bicyclic) bond motifs is 3. The third kappa shape index (κ3) is 4.20. The van der Waals surface area contributed by atoms with Gasteiger partial charge in [0, 0.05) is 24.3 Å². The molecule has 0 amide bonds. The van der Waals surface area contributed by atoms with Crippen LogP contribution in [0.25, 0.3) is 11.1 Å². The topological polar surface area (TPSA) is 113 Å². The van der Waals surface area contributed by atoms with Gasteiger partial charge in [-0.3, -0.25) is 4.79 Å². The van der Waals surface area contributed by atoms with Crippen LogP contribution >= 0.6 is 0 Å². The molecule has 5 rings (SSSR count). The van der Waals surface area contributed by atoms with E-state index in [0.717, 1.165) is 22.3 Å². The number of carbonyl (C=O) groups is 1. The molecule has 1 aliphatic carbocycles. The third-order valence-corrected chi connectivity index (χ3v) is 8.08. The van der Waals surface area contributed by atoms with Crippen molar-refractivity contribution in [2.75, 3.05) is 0 Å². The van der Waals surface area contributed by atoms with Crippen molar-refractivity contribution in [1.29, 1.82) is 0 Å². The lowest BCUT2D eigenvalue weighted by Gasteiger charge is -2.22. The molecule has 0 radical (unpaired) electrons. The van der Waals surface area contributed by atoms with E-state index in [1.54, 1.807) is 24.3 Å². The third-order valence-electron chi connectivity index (χ3n) is 6.60. The standard InChI is InChI=1S/C26H25NO6S/c28-21-15-22-24(20-8-4-7-18(26(20)33-22)11-14-23(29)30)25(21)27-34(31,32)19-12-9-17(10-13-19)16-5-2-1-3-6-16/h1-10,12-13,21-22,24-25,27-28H,11,14-15H2,(H,29,30). The molecule has 1 fully saturated rings. The summed E-state index contributed by atoms with van der Waals surface area (Å²) >= 11 is 0. The predicted octanol–water partition coefficient (Wildman–Crippen LogP) is 3.33. The minimum absolute atomic E-state index is 0.0210. The minimum Gasteiger partial charge on any atom is -0.489 e. The van der Waals surface area contributed by atoms with Crippen molar-refractivity contribution in [1.82, 2.24) is 4.72 Å². The molecule has 3 aromatic carbocycles. The summed E-state index contributed by atoms with van der Waals surface area (Å²) in [5.41, 5.74) is 3.48. The fourth-order valence-electron chi connectivity index (χ4n) is 4.97. The molecule has 176 valence electrons. The number of hydrogen-bond acceptors (Lipinski definition) is 5. The Morgan fingerprint density at radius 1 is 0.971 bits per heavy atom. The first-order valence-corrected chi connectivity index (χ1v) is 12.7. The van der Waals surface area contributed by atoms with E-state index in [1.165, 1.54) is 0 Å². The van der Waals surface area contributed by atoms with Gasteiger partial charge < -0.3 is 14.9 Å². The number of benzene rings is 3. The maximum Gasteiger partial charge on any atom is 0.303 e. The van der Waals surface area contributed by atoms with Crippen molar-refractivity contribution in [3.05, 3.63) is 83.9 Å². The van der Waals surface area contributed by atoms with Gasteiger partial charge in [-0.2, -0.15) is 0 Å². The number of aliphatic hydroxyl groups excluding tert-OH is 1. The molecule has 3 N–H and O–H groups in total. The smallest absolute Gasteiger partial charge is 0.303 e. The summed E-state index contributed by atoms with van der Waals surface area (Å²) in [5, 5.41) is 19.7. The van der Waals surface area contributed by atoms with Gasteiger partial charge in [0.1, 0.15) is 11.9 Å². The van der Waals surface area contributed by atoms with E-state index < -0.39 is 28.1 Å². The Bertz CT molecular complexity index is 1310. The van der Waals surface area contributed by atoms with Crippen molar-refractivity contribution >= 4 is 16.0 Å². The quantitative estimate of drug-likeness (QED) is 0.479. The van der Waals surface area contributed by atoms with Gasteiger partial charge in [0.25, 0.3) is 0 Å². The van der Waals surface area contributed by atoms with E-state index in [0.29, 0.717) is 12.2 Å². The maximum absolute atomic E-state index is 13.2. The average Bonchev–Trinajstić information content (AvgIpc) is 3.34. The number of sulfonamides is 1. The van der Waals surface area contributed by atoms with Crippen molar-refractivity contribution in [2.24, 2.45) is 0 Å². The van der Waals surface area contributed by atoms with E-state index in [9.17, 15) is 18.3 Å². The summed E-state index contributed by atoms with van der Waals surface area (Å²) in [5.74, 6) is -0.634. The molecule has 1 heterocycles. The lowest BCUT2D eigenvalue weighted by molar-refractivity contribution is -0.136. The molecular weight excluding hydrogens is 454 g/mol. The first kappa shape index (κ1) is 22.6. The number of rotatable bonds is 7. The molecule has 0 saturated heterocycles. The minimum atomic E-state index is -3.89. The van der Waals surface area contributed by atoms with E-state index in [1.807, 2.05) is 48.5 Å². The van der Waals surface area contributed by atoms with E-state index in [2.05, 4.69) is 4.72 Å². The highest BCUT2D eigenvalue weighted by Crippen LogP contribution is 2.49. The first-order chi connectivity index (χ1) is 16.3. The van der Waals surface area contributed by atoms with Gasteiger partial charge in [-0.05, 0) is 35.2 Å². The molecule has 34 heavy (non-hydrogen) atoms. The van der Waals surface area contributed by atoms with Crippen LogP contribution < -0.4 is 9.46 Å². The number of para-hydroxylation sites is 1. The van der Waals surface area contributed by atoms with Gasteiger partial charge in [-0.1, -0.05) is 60.7 Å². The number of carboxylic acids is 1. The molecule has 7 nitrogen and oxygen atoms in total. The van der Waals surface area contributed by atoms with Crippen LogP contribution in [0.2, 0.25) is 0 Å². The van der Waals surface area contributed by atoms with Gasteiger partial charge in [-0.25, -0.2) is 13.1 Å². The number of aliphatic carboxylic acids is 1. The number of nitrogens with one attached hydrogen (secondary N) is 1. The lowest BCUT2D eigenvalue weighted by Crippen LogP contribution is -2.43. The van der Waals surface area contributed by atoms with Crippen molar-refractivity contribution < 1.29 is 28.2 Å². The number of hydrogen-bond donors (Lipinski definition) is 3. The Kier molecular flexibility index (Phi) is 5.89. The van der Waals surface area contributed by atoms with Gasteiger partial charge >= 0.3 is 5.97 Å². The van der Waals surface area contributed by atoms with E-state index in [4.69, 9.17) is 9.84 Å². The second-order valence-corrected chi connectivity index (χ2v) is 10.5. The van der Waals surface area contributed by atoms with Gasteiger partial charge in [0.05, 0.1) is 17.0 Å².